The van der Waals surface area contributed by atoms with E-state index in [1.54, 1.807) is 0 Å². The fraction of sp³-hybridized carbons (Fsp3) is 0.471. The van der Waals surface area contributed by atoms with Crippen LogP contribution in [0.4, 0.5) is 0 Å². The van der Waals surface area contributed by atoms with Crippen LogP contribution in [0.1, 0.15) is 36.1 Å². The van der Waals surface area contributed by atoms with Crippen molar-refractivity contribution in [2.75, 3.05) is 7.05 Å². The highest BCUT2D eigenvalue weighted by atomic mass is 15.3. The maximum atomic E-state index is 4.39. The van der Waals surface area contributed by atoms with Gasteiger partial charge in [-0.3, -0.25) is 4.68 Å². The number of aryl methyl sites for hydroxylation is 2. The van der Waals surface area contributed by atoms with Crippen molar-refractivity contribution in [1.82, 2.24) is 15.1 Å². The van der Waals surface area contributed by atoms with Gasteiger partial charge in [0.1, 0.15) is 0 Å². The minimum absolute atomic E-state index is 0.463. The minimum atomic E-state index is 0.463. The van der Waals surface area contributed by atoms with Gasteiger partial charge in [-0.25, -0.2) is 0 Å². The molecule has 0 amide bonds. The molecule has 0 fully saturated rings. The van der Waals surface area contributed by atoms with Crippen molar-refractivity contribution in [1.29, 1.82) is 0 Å². The zero-order chi connectivity index (χ0) is 13.9. The summed E-state index contributed by atoms with van der Waals surface area (Å²) in [5.74, 6) is 0.657. The predicted octanol–water partition coefficient (Wildman–Crippen LogP) is 2.97. The molecule has 1 aromatic heterocycles. The number of hydrogen-bond acceptors (Lipinski definition) is 2. The summed E-state index contributed by atoms with van der Waals surface area (Å²) in [7, 11) is 2.08. The first-order chi connectivity index (χ1) is 9.81. The van der Waals surface area contributed by atoms with Gasteiger partial charge in [-0.2, -0.15) is 5.10 Å². The average Bonchev–Trinajstić information content (AvgIpc) is 2.95. The Balaban J connectivity index is 1.80. The molecule has 1 aliphatic carbocycles. The van der Waals surface area contributed by atoms with Crippen LogP contribution < -0.4 is 5.32 Å². The number of nitrogens with one attached hydrogen (secondary N) is 1. The van der Waals surface area contributed by atoms with Crippen molar-refractivity contribution in [3.05, 3.63) is 53.3 Å². The number of aromatic nitrogens is 2. The predicted molar refractivity (Wildman–Crippen MR) is 81.7 cm³/mol. The standard InChI is InChI=1S/C17H23N3/c1-3-20-12-13(11-19-20)10-15-9-8-14-6-4-5-7-16(14)17(15)18-2/h4-7,11-12,15,17-18H,3,8-10H2,1-2H3. The molecule has 2 aromatic rings. The van der Waals surface area contributed by atoms with Crippen LogP contribution in [0.15, 0.2) is 36.7 Å². The first-order valence-electron chi connectivity index (χ1n) is 7.58. The lowest BCUT2D eigenvalue weighted by Gasteiger charge is -2.33. The molecule has 3 heteroatoms. The third kappa shape index (κ3) is 2.50. The summed E-state index contributed by atoms with van der Waals surface area (Å²) in [4.78, 5) is 0. The Morgan fingerprint density at radius 2 is 2.20 bits per heavy atom. The van der Waals surface area contributed by atoms with Gasteiger partial charge in [-0.05, 0) is 55.8 Å². The van der Waals surface area contributed by atoms with E-state index in [0.717, 1.165) is 13.0 Å². The summed E-state index contributed by atoms with van der Waals surface area (Å²) in [6.45, 7) is 3.08. The lowest BCUT2D eigenvalue weighted by atomic mass is 9.77. The first kappa shape index (κ1) is 13.4. The molecule has 0 bridgehead atoms. The average molecular weight is 269 g/mol. The van der Waals surface area contributed by atoms with Gasteiger partial charge in [0.25, 0.3) is 0 Å². The Morgan fingerprint density at radius 1 is 1.35 bits per heavy atom. The van der Waals surface area contributed by atoms with Crippen molar-refractivity contribution in [3.63, 3.8) is 0 Å². The number of rotatable bonds is 4. The van der Waals surface area contributed by atoms with E-state index in [4.69, 9.17) is 0 Å². The first-order valence-corrected chi connectivity index (χ1v) is 7.58. The van der Waals surface area contributed by atoms with Crippen molar-refractivity contribution in [2.45, 2.75) is 38.8 Å². The molecule has 0 spiro atoms. The van der Waals surface area contributed by atoms with Crippen LogP contribution in [0.25, 0.3) is 0 Å². The third-order valence-electron chi connectivity index (χ3n) is 4.47. The molecule has 1 heterocycles. The van der Waals surface area contributed by atoms with Gasteiger partial charge in [0.15, 0.2) is 0 Å². The fourth-order valence-electron chi connectivity index (χ4n) is 3.43. The zero-order valence-corrected chi connectivity index (χ0v) is 12.3. The highest BCUT2D eigenvalue weighted by Gasteiger charge is 2.28. The van der Waals surface area contributed by atoms with Crippen LogP contribution in [-0.4, -0.2) is 16.8 Å². The van der Waals surface area contributed by atoms with E-state index in [2.05, 4.69) is 54.8 Å². The van der Waals surface area contributed by atoms with Gasteiger partial charge in [0, 0.05) is 18.8 Å². The van der Waals surface area contributed by atoms with E-state index in [1.807, 2.05) is 10.9 Å². The largest absolute Gasteiger partial charge is 0.313 e. The van der Waals surface area contributed by atoms with Crippen LogP contribution in [-0.2, 0) is 19.4 Å². The van der Waals surface area contributed by atoms with Gasteiger partial charge >= 0.3 is 0 Å². The summed E-state index contributed by atoms with van der Waals surface area (Å²) in [6.07, 6.45) is 7.77. The SMILES string of the molecule is CCn1cc(CC2CCc3ccccc3C2NC)cn1. The molecule has 0 radical (unpaired) electrons. The van der Waals surface area contributed by atoms with Gasteiger partial charge < -0.3 is 5.32 Å². The van der Waals surface area contributed by atoms with Crippen molar-refractivity contribution in [2.24, 2.45) is 5.92 Å². The van der Waals surface area contributed by atoms with Gasteiger partial charge in [-0.15, -0.1) is 0 Å². The fourth-order valence-corrected chi connectivity index (χ4v) is 3.43. The van der Waals surface area contributed by atoms with E-state index in [9.17, 15) is 0 Å². The van der Waals surface area contributed by atoms with Gasteiger partial charge in [0.05, 0.1) is 6.20 Å². The third-order valence-corrected chi connectivity index (χ3v) is 4.47. The summed E-state index contributed by atoms with van der Waals surface area (Å²) in [6, 6.07) is 9.31. The monoisotopic (exact) mass is 269 g/mol. The molecule has 2 atom stereocenters. The normalized spacial score (nSPS) is 21.7. The number of fused-ring (bicyclic) bond motifs is 1. The molecule has 106 valence electrons. The molecule has 0 saturated heterocycles. The van der Waals surface area contributed by atoms with Crippen LogP contribution in [0, 0.1) is 5.92 Å². The highest BCUT2D eigenvalue weighted by Crippen LogP contribution is 2.35. The Morgan fingerprint density at radius 3 is 2.95 bits per heavy atom. The Bertz CT molecular complexity index is 573. The smallest absolute Gasteiger partial charge is 0.0521 e. The van der Waals surface area contributed by atoms with E-state index >= 15 is 0 Å². The molecular formula is C17H23N3. The van der Waals surface area contributed by atoms with E-state index < -0.39 is 0 Å². The van der Waals surface area contributed by atoms with Crippen LogP contribution in [0.3, 0.4) is 0 Å². The molecule has 0 saturated carbocycles. The quantitative estimate of drug-likeness (QED) is 0.925. The number of hydrogen-bond donors (Lipinski definition) is 1. The summed E-state index contributed by atoms with van der Waals surface area (Å²) < 4.78 is 2.01. The molecular weight excluding hydrogens is 246 g/mol. The molecule has 20 heavy (non-hydrogen) atoms. The van der Waals surface area contributed by atoms with Gasteiger partial charge in [-0.1, -0.05) is 24.3 Å². The topological polar surface area (TPSA) is 29.9 Å². The zero-order valence-electron chi connectivity index (χ0n) is 12.3. The molecule has 2 unspecified atom stereocenters. The molecule has 1 aliphatic rings. The lowest BCUT2D eigenvalue weighted by molar-refractivity contribution is 0.334. The Labute approximate surface area is 121 Å². The second kappa shape index (κ2) is 5.80. The summed E-state index contributed by atoms with van der Waals surface area (Å²) in [5.41, 5.74) is 4.35. The van der Waals surface area contributed by atoms with Crippen molar-refractivity contribution >= 4 is 0 Å². The second-order valence-electron chi connectivity index (χ2n) is 5.67. The summed E-state index contributed by atoms with van der Waals surface area (Å²) in [5, 5.41) is 7.92. The molecule has 1 N–H and O–H groups in total. The highest BCUT2D eigenvalue weighted by molar-refractivity contribution is 5.33. The van der Waals surface area contributed by atoms with Crippen LogP contribution >= 0.6 is 0 Å². The maximum absolute atomic E-state index is 4.39. The van der Waals surface area contributed by atoms with Gasteiger partial charge in [0.2, 0.25) is 0 Å². The van der Waals surface area contributed by atoms with Crippen molar-refractivity contribution < 1.29 is 0 Å². The molecule has 1 aromatic carbocycles. The lowest BCUT2D eigenvalue weighted by Crippen LogP contribution is -2.31. The molecule has 3 nitrogen and oxygen atoms in total. The summed E-state index contributed by atoms with van der Waals surface area (Å²) >= 11 is 0. The van der Waals surface area contributed by atoms with Crippen LogP contribution in [0.2, 0.25) is 0 Å². The van der Waals surface area contributed by atoms with E-state index in [-0.39, 0.29) is 0 Å². The maximum Gasteiger partial charge on any atom is 0.0521 e. The van der Waals surface area contributed by atoms with Crippen LogP contribution in [0.5, 0.6) is 0 Å². The van der Waals surface area contributed by atoms with E-state index in [1.165, 1.54) is 29.5 Å². The minimum Gasteiger partial charge on any atom is -0.313 e. The van der Waals surface area contributed by atoms with Crippen molar-refractivity contribution in [3.8, 4) is 0 Å². The van der Waals surface area contributed by atoms with E-state index in [0.29, 0.717) is 12.0 Å². The Kier molecular flexibility index (Phi) is 3.88. The number of nitrogens with zero attached hydrogens (tertiary/aromatic N) is 2. The Hall–Kier alpha value is -1.61. The number of benzene rings is 1. The second-order valence-corrected chi connectivity index (χ2v) is 5.67. The molecule has 3 rings (SSSR count). The molecule has 0 aliphatic heterocycles.